The van der Waals surface area contributed by atoms with Gasteiger partial charge in [-0.05, 0) is 23.9 Å². The first kappa shape index (κ1) is 14.3. The molecular formula is C14H16BrNO2S. The zero-order chi connectivity index (χ0) is 13.9. The van der Waals surface area contributed by atoms with E-state index < -0.39 is 10.0 Å². The molecule has 0 radical (unpaired) electrons. The lowest BCUT2D eigenvalue weighted by Gasteiger charge is -2.11. The van der Waals surface area contributed by atoms with Crippen LogP contribution >= 0.6 is 15.9 Å². The summed E-state index contributed by atoms with van der Waals surface area (Å²) in [6.07, 6.45) is 1.53. The van der Waals surface area contributed by atoms with Crippen molar-refractivity contribution in [2.45, 2.75) is 19.8 Å². The highest BCUT2D eigenvalue weighted by molar-refractivity contribution is 9.10. The molecule has 0 aromatic heterocycles. The van der Waals surface area contributed by atoms with Crippen molar-refractivity contribution >= 4 is 42.4 Å². The zero-order valence-corrected chi connectivity index (χ0v) is 13.1. The van der Waals surface area contributed by atoms with Crippen LogP contribution in [0.15, 0.2) is 40.9 Å². The number of unbranched alkanes of at least 4 members (excludes halogenated alkanes) is 1. The molecule has 0 aliphatic heterocycles. The van der Waals surface area contributed by atoms with Crippen molar-refractivity contribution < 1.29 is 8.42 Å². The van der Waals surface area contributed by atoms with E-state index in [2.05, 4.69) is 20.7 Å². The fourth-order valence-electron chi connectivity index (χ4n) is 1.90. The molecular weight excluding hydrogens is 326 g/mol. The predicted molar refractivity (Wildman–Crippen MR) is 84.0 cm³/mol. The molecule has 0 saturated heterocycles. The number of rotatable bonds is 5. The van der Waals surface area contributed by atoms with Crippen LogP contribution in [0.3, 0.4) is 0 Å². The summed E-state index contributed by atoms with van der Waals surface area (Å²) in [4.78, 5) is 0. The van der Waals surface area contributed by atoms with Crippen LogP contribution in [0.4, 0.5) is 5.69 Å². The lowest BCUT2D eigenvalue weighted by molar-refractivity contribution is 0.598. The van der Waals surface area contributed by atoms with Crippen molar-refractivity contribution in [1.29, 1.82) is 0 Å². The van der Waals surface area contributed by atoms with E-state index in [-0.39, 0.29) is 5.75 Å². The van der Waals surface area contributed by atoms with Gasteiger partial charge < -0.3 is 0 Å². The summed E-state index contributed by atoms with van der Waals surface area (Å²) >= 11 is 3.48. The Hall–Kier alpha value is -1.07. The molecule has 3 nitrogen and oxygen atoms in total. The highest BCUT2D eigenvalue weighted by Gasteiger charge is 2.12. The number of fused-ring (bicyclic) bond motifs is 1. The Morgan fingerprint density at radius 2 is 1.79 bits per heavy atom. The van der Waals surface area contributed by atoms with Gasteiger partial charge in [-0.1, -0.05) is 53.5 Å². The third-order valence-electron chi connectivity index (χ3n) is 2.90. The number of hydrogen-bond donors (Lipinski definition) is 1. The minimum Gasteiger partial charge on any atom is -0.283 e. The van der Waals surface area contributed by atoms with Crippen LogP contribution in [0, 0.1) is 0 Å². The van der Waals surface area contributed by atoms with Gasteiger partial charge in [0.1, 0.15) is 0 Å². The first-order valence-corrected chi connectivity index (χ1v) is 8.66. The van der Waals surface area contributed by atoms with Gasteiger partial charge in [0.2, 0.25) is 10.0 Å². The number of nitrogens with one attached hydrogen (secondary N) is 1. The van der Waals surface area contributed by atoms with Crippen molar-refractivity contribution in [3.05, 3.63) is 40.9 Å². The highest BCUT2D eigenvalue weighted by Crippen LogP contribution is 2.30. The standard InChI is InChI=1S/C14H16BrNO2S/c1-2-3-10-19(17,18)16-14-9-8-13(15)11-6-4-5-7-12(11)14/h4-9,16H,2-3,10H2,1H3. The molecule has 5 heteroatoms. The van der Waals surface area contributed by atoms with E-state index in [1.165, 1.54) is 0 Å². The van der Waals surface area contributed by atoms with E-state index >= 15 is 0 Å². The Morgan fingerprint density at radius 1 is 1.11 bits per heavy atom. The van der Waals surface area contributed by atoms with E-state index in [4.69, 9.17) is 0 Å². The number of benzene rings is 2. The van der Waals surface area contributed by atoms with Gasteiger partial charge in [-0.25, -0.2) is 8.42 Å². The Balaban J connectivity index is 2.39. The van der Waals surface area contributed by atoms with E-state index in [0.717, 1.165) is 21.7 Å². The van der Waals surface area contributed by atoms with Gasteiger partial charge in [0.25, 0.3) is 0 Å². The van der Waals surface area contributed by atoms with Gasteiger partial charge in [-0.2, -0.15) is 0 Å². The molecule has 0 aliphatic carbocycles. The Morgan fingerprint density at radius 3 is 2.47 bits per heavy atom. The molecule has 0 fully saturated rings. The number of sulfonamides is 1. The molecule has 102 valence electrons. The normalized spacial score (nSPS) is 11.7. The summed E-state index contributed by atoms with van der Waals surface area (Å²) in [6, 6.07) is 11.4. The molecule has 0 amide bonds. The van der Waals surface area contributed by atoms with Gasteiger partial charge in [0, 0.05) is 9.86 Å². The molecule has 0 heterocycles. The third-order valence-corrected chi connectivity index (χ3v) is 4.95. The summed E-state index contributed by atoms with van der Waals surface area (Å²) < 4.78 is 27.6. The molecule has 19 heavy (non-hydrogen) atoms. The Kier molecular flexibility index (Phi) is 4.47. The summed E-state index contributed by atoms with van der Waals surface area (Å²) in [5.41, 5.74) is 0.634. The summed E-state index contributed by atoms with van der Waals surface area (Å²) in [5.74, 6) is 0.161. The van der Waals surface area contributed by atoms with Crippen molar-refractivity contribution in [3.63, 3.8) is 0 Å². The Labute approximate surface area is 122 Å². The largest absolute Gasteiger partial charge is 0.283 e. The molecule has 2 rings (SSSR count). The van der Waals surface area contributed by atoms with Crippen LogP contribution in [-0.2, 0) is 10.0 Å². The van der Waals surface area contributed by atoms with Crippen LogP contribution in [0.1, 0.15) is 19.8 Å². The maximum Gasteiger partial charge on any atom is 0.232 e. The van der Waals surface area contributed by atoms with Gasteiger partial charge in [0.05, 0.1) is 11.4 Å². The van der Waals surface area contributed by atoms with E-state index in [9.17, 15) is 8.42 Å². The van der Waals surface area contributed by atoms with E-state index in [0.29, 0.717) is 12.1 Å². The van der Waals surface area contributed by atoms with Gasteiger partial charge in [0.15, 0.2) is 0 Å². The first-order chi connectivity index (χ1) is 9.03. The predicted octanol–water partition coefficient (Wildman–Crippen LogP) is 4.14. The lowest BCUT2D eigenvalue weighted by Crippen LogP contribution is -2.16. The van der Waals surface area contributed by atoms with Gasteiger partial charge >= 0.3 is 0 Å². The number of halogens is 1. The maximum atomic E-state index is 12.0. The summed E-state index contributed by atoms with van der Waals surface area (Å²) in [5, 5.41) is 1.90. The van der Waals surface area contributed by atoms with Crippen LogP contribution in [0.25, 0.3) is 10.8 Å². The zero-order valence-electron chi connectivity index (χ0n) is 10.7. The average molecular weight is 342 g/mol. The van der Waals surface area contributed by atoms with Crippen LogP contribution in [0.5, 0.6) is 0 Å². The number of anilines is 1. The fourth-order valence-corrected chi connectivity index (χ4v) is 3.67. The van der Waals surface area contributed by atoms with E-state index in [1.807, 2.05) is 37.3 Å². The first-order valence-electron chi connectivity index (χ1n) is 6.21. The van der Waals surface area contributed by atoms with Crippen molar-refractivity contribution in [1.82, 2.24) is 0 Å². The van der Waals surface area contributed by atoms with Crippen molar-refractivity contribution in [2.24, 2.45) is 0 Å². The van der Waals surface area contributed by atoms with Crippen LogP contribution in [0.2, 0.25) is 0 Å². The Bertz CT molecular complexity index is 683. The molecule has 0 saturated carbocycles. The molecule has 2 aromatic rings. The second-order valence-corrected chi connectivity index (χ2v) is 7.11. The number of hydrogen-bond acceptors (Lipinski definition) is 2. The van der Waals surface area contributed by atoms with Crippen LogP contribution < -0.4 is 4.72 Å². The second kappa shape index (κ2) is 5.92. The third kappa shape index (κ3) is 3.48. The molecule has 0 atom stereocenters. The topological polar surface area (TPSA) is 46.2 Å². The summed E-state index contributed by atoms with van der Waals surface area (Å²) in [7, 11) is -3.27. The minimum atomic E-state index is -3.27. The molecule has 0 bridgehead atoms. The van der Waals surface area contributed by atoms with Gasteiger partial charge in [-0.3, -0.25) is 4.72 Å². The molecule has 0 aliphatic rings. The maximum absolute atomic E-state index is 12.0. The SMILES string of the molecule is CCCCS(=O)(=O)Nc1ccc(Br)c2ccccc12. The van der Waals surface area contributed by atoms with Crippen LogP contribution in [-0.4, -0.2) is 14.2 Å². The smallest absolute Gasteiger partial charge is 0.232 e. The second-order valence-electron chi connectivity index (χ2n) is 4.42. The van der Waals surface area contributed by atoms with Crippen molar-refractivity contribution in [2.75, 3.05) is 10.5 Å². The minimum absolute atomic E-state index is 0.161. The monoisotopic (exact) mass is 341 g/mol. The molecule has 1 N–H and O–H groups in total. The van der Waals surface area contributed by atoms with Gasteiger partial charge in [-0.15, -0.1) is 0 Å². The molecule has 2 aromatic carbocycles. The quantitative estimate of drug-likeness (QED) is 0.887. The van der Waals surface area contributed by atoms with E-state index in [1.54, 1.807) is 6.07 Å². The van der Waals surface area contributed by atoms with Crippen molar-refractivity contribution in [3.8, 4) is 0 Å². The lowest BCUT2D eigenvalue weighted by atomic mass is 10.1. The molecule has 0 spiro atoms. The fraction of sp³-hybridized carbons (Fsp3) is 0.286. The molecule has 0 unspecified atom stereocenters. The average Bonchev–Trinajstić information content (AvgIpc) is 2.40. The highest BCUT2D eigenvalue weighted by atomic mass is 79.9. The summed E-state index contributed by atoms with van der Waals surface area (Å²) in [6.45, 7) is 1.98.